The minimum absolute atomic E-state index is 0.0449. The van der Waals surface area contributed by atoms with E-state index in [4.69, 9.17) is 10.5 Å². The third-order valence-electron chi connectivity index (χ3n) is 4.10. The van der Waals surface area contributed by atoms with Gasteiger partial charge in [-0.05, 0) is 37.8 Å². The number of ether oxygens (including phenoxy) is 1. The van der Waals surface area contributed by atoms with Crippen LogP contribution in [0, 0.1) is 0 Å². The average molecular weight is 298 g/mol. The molecule has 2 aromatic rings. The Kier molecular flexibility index (Phi) is 3.71. The summed E-state index contributed by atoms with van der Waals surface area (Å²) in [6.45, 7) is 0. The Morgan fingerprint density at radius 2 is 2.05 bits per heavy atom. The largest absolute Gasteiger partial charge is 0.497 e. The predicted octanol–water partition coefficient (Wildman–Crippen LogP) is 1.82. The molecule has 3 rings (SSSR count). The zero-order valence-corrected chi connectivity index (χ0v) is 12.5. The summed E-state index contributed by atoms with van der Waals surface area (Å²) in [5.41, 5.74) is 7.74. The van der Waals surface area contributed by atoms with Gasteiger partial charge in [-0.25, -0.2) is 0 Å². The number of carbonyl (C=O) groups excluding carboxylic acids is 1. The molecule has 1 aliphatic rings. The van der Waals surface area contributed by atoms with Gasteiger partial charge in [0.15, 0.2) is 5.43 Å². The summed E-state index contributed by atoms with van der Waals surface area (Å²) in [6.07, 6.45) is 5.07. The Balaban J connectivity index is 2.28. The van der Waals surface area contributed by atoms with Crippen molar-refractivity contribution >= 4 is 5.91 Å². The second-order valence-corrected chi connectivity index (χ2v) is 5.44. The minimum atomic E-state index is -0.685. The normalized spacial score (nSPS) is 13.5. The van der Waals surface area contributed by atoms with Gasteiger partial charge in [0.1, 0.15) is 11.3 Å². The van der Waals surface area contributed by atoms with Crippen molar-refractivity contribution in [1.29, 1.82) is 0 Å². The number of nitrogens with two attached hydrogens (primary N) is 1. The molecule has 0 radical (unpaired) electrons. The van der Waals surface area contributed by atoms with E-state index in [2.05, 4.69) is 0 Å². The molecule has 0 atom stereocenters. The summed E-state index contributed by atoms with van der Waals surface area (Å²) in [7, 11) is 1.61. The van der Waals surface area contributed by atoms with E-state index < -0.39 is 5.91 Å². The van der Waals surface area contributed by atoms with Crippen LogP contribution in [0.3, 0.4) is 0 Å². The number of methoxy groups -OCH3 is 1. The van der Waals surface area contributed by atoms with Crippen molar-refractivity contribution in [3.8, 4) is 11.4 Å². The molecule has 0 spiro atoms. The monoisotopic (exact) mass is 298 g/mol. The molecule has 0 bridgehead atoms. The Bertz CT molecular complexity index is 793. The number of pyridine rings is 1. The van der Waals surface area contributed by atoms with E-state index in [9.17, 15) is 9.59 Å². The number of nitrogens with zero attached hydrogens (tertiary/aromatic N) is 1. The molecular weight excluding hydrogens is 280 g/mol. The number of hydrogen-bond acceptors (Lipinski definition) is 3. The highest BCUT2D eigenvalue weighted by atomic mass is 16.5. The third kappa shape index (κ3) is 2.39. The Labute approximate surface area is 128 Å². The van der Waals surface area contributed by atoms with Gasteiger partial charge in [0.05, 0.1) is 7.11 Å². The molecule has 1 heterocycles. The van der Waals surface area contributed by atoms with Crippen molar-refractivity contribution in [2.75, 3.05) is 7.11 Å². The lowest BCUT2D eigenvalue weighted by Gasteiger charge is -2.22. The van der Waals surface area contributed by atoms with E-state index in [0.29, 0.717) is 12.0 Å². The van der Waals surface area contributed by atoms with Crippen LogP contribution < -0.4 is 15.9 Å². The number of carbonyl (C=O) groups is 1. The lowest BCUT2D eigenvalue weighted by Crippen LogP contribution is -2.30. The maximum Gasteiger partial charge on any atom is 0.254 e. The van der Waals surface area contributed by atoms with E-state index in [0.717, 1.165) is 36.4 Å². The molecule has 0 saturated carbocycles. The molecule has 0 saturated heterocycles. The van der Waals surface area contributed by atoms with Crippen LogP contribution in [0.25, 0.3) is 5.69 Å². The van der Waals surface area contributed by atoms with Crippen molar-refractivity contribution in [3.63, 3.8) is 0 Å². The lowest BCUT2D eigenvalue weighted by molar-refractivity contribution is 0.0998. The first kappa shape index (κ1) is 14.4. The second kappa shape index (κ2) is 5.67. The highest BCUT2D eigenvalue weighted by molar-refractivity contribution is 5.92. The summed E-state index contributed by atoms with van der Waals surface area (Å²) in [6, 6.07) is 7.54. The summed E-state index contributed by atoms with van der Waals surface area (Å²) in [5, 5.41) is 0. The SMILES string of the molecule is COc1cccc(-n2cc(C(N)=O)c(=O)c3c2CCCC3)c1. The van der Waals surface area contributed by atoms with Crippen molar-refractivity contribution < 1.29 is 9.53 Å². The number of amides is 1. The highest BCUT2D eigenvalue weighted by Crippen LogP contribution is 2.24. The molecular formula is C17H18N2O3. The molecule has 1 amide bonds. The number of aromatic nitrogens is 1. The fourth-order valence-corrected chi connectivity index (χ4v) is 2.99. The Morgan fingerprint density at radius 1 is 1.27 bits per heavy atom. The van der Waals surface area contributed by atoms with Crippen molar-refractivity contribution in [3.05, 3.63) is 57.5 Å². The zero-order valence-electron chi connectivity index (χ0n) is 12.5. The molecule has 1 aromatic heterocycles. The van der Waals surface area contributed by atoms with Gasteiger partial charge in [-0.2, -0.15) is 0 Å². The Morgan fingerprint density at radius 3 is 2.77 bits per heavy atom. The van der Waals surface area contributed by atoms with Crippen LogP contribution in [0.5, 0.6) is 5.75 Å². The predicted molar refractivity (Wildman–Crippen MR) is 83.8 cm³/mol. The number of primary amides is 1. The van der Waals surface area contributed by atoms with Crippen molar-refractivity contribution in [1.82, 2.24) is 4.57 Å². The van der Waals surface area contributed by atoms with Crippen LogP contribution in [0.4, 0.5) is 0 Å². The number of hydrogen-bond donors (Lipinski definition) is 1. The van der Waals surface area contributed by atoms with Crippen LogP contribution in [-0.4, -0.2) is 17.6 Å². The van der Waals surface area contributed by atoms with Crippen molar-refractivity contribution in [2.45, 2.75) is 25.7 Å². The van der Waals surface area contributed by atoms with Gasteiger partial charge in [-0.3, -0.25) is 9.59 Å². The van der Waals surface area contributed by atoms with Gasteiger partial charge in [0, 0.05) is 29.2 Å². The van der Waals surface area contributed by atoms with Crippen LogP contribution in [-0.2, 0) is 12.8 Å². The fourth-order valence-electron chi connectivity index (χ4n) is 2.99. The van der Waals surface area contributed by atoms with E-state index >= 15 is 0 Å². The lowest BCUT2D eigenvalue weighted by atomic mass is 9.93. The van der Waals surface area contributed by atoms with Crippen LogP contribution in [0.2, 0.25) is 0 Å². The van der Waals surface area contributed by atoms with Crippen LogP contribution in [0.1, 0.15) is 34.5 Å². The Hall–Kier alpha value is -2.56. The van der Waals surface area contributed by atoms with Gasteiger partial charge < -0.3 is 15.0 Å². The maximum atomic E-state index is 12.4. The molecule has 0 fully saturated rings. The first-order chi connectivity index (χ1) is 10.6. The molecule has 0 aliphatic heterocycles. The van der Waals surface area contributed by atoms with Crippen LogP contribution in [0.15, 0.2) is 35.3 Å². The number of benzene rings is 1. The topological polar surface area (TPSA) is 74.3 Å². The molecule has 2 N–H and O–H groups in total. The second-order valence-electron chi connectivity index (χ2n) is 5.44. The van der Waals surface area contributed by atoms with Gasteiger partial charge in [0.2, 0.25) is 0 Å². The molecule has 5 nitrogen and oxygen atoms in total. The molecule has 5 heteroatoms. The smallest absolute Gasteiger partial charge is 0.254 e. The van der Waals surface area contributed by atoms with Gasteiger partial charge in [-0.15, -0.1) is 0 Å². The highest BCUT2D eigenvalue weighted by Gasteiger charge is 2.21. The van der Waals surface area contributed by atoms with Gasteiger partial charge in [0.25, 0.3) is 5.91 Å². The molecule has 1 aliphatic carbocycles. The van der Waals surface area contributed by atoms with E-state index in [1.165, 1.54) is 0 Å². The molecule has 1 aromatic carbocycles. The number of fused-ring (bicyclic) bond motifs is 1. The summed E-state index contributed by atoms with van der Waals surface area (Å²) < 4.78 is 7.16. The summed E-state index contributed by atoms with van der Waals surface area (Å²) in [5.74, 6) is 0.0383. The van der Waals surface area contributed by atoms with Crippen molar-refractivity contribution in [2.24, 2.45) is 5.73 Å². The zero-order chi connectivity index (χ0) is 15.7. The summed E-state index contributed by atoms with van der Waals surface area (Å²) >= 11 is 0. The molecule has 22 heavy (non-hydrogen) atoms. The van der Waals surface area contributed by atoms with E-state index in [1.54, 1.807) is 13.3 Å². The van der Waals surface area contributed by atoms with Gasteiger partial charge in [-0.1, -0.05) is 6.07 Å². The quantitative estimate of drug-likeness (QED) is 0.939. The van der Waals surface area contributed by atoms with E-state index in [-0.39, 0.29) is 11.0 Å². The average Bonchev–Trinajstić information content (AvgIpc) is 2.55. The fraction of sp³-hybridized carbons (Fsp3) is 0.294. The van der Waals surface area contributed by atoms with Crippen LogP contribution >= 0.6 is 0 Å². The standard InChI is InChI=1S/C17H18N2O3/c1-22-12-6-4-5-11(9-12)19-10-14(17(18)21)16(20)13-7-2-3-8-15(13)19/h4-6,9-10H,2-3,7-8H2,1H3,(H2,18,21). The van der Waals surface area contributed by atoms with Gasteiger partial charge >= 0.3 is 0 Å². The summed E-state index contributed by atoms with van der Waals surface area (Å²) in [4.78, 5) is 24.0. The third-order valence-corrected chi connectivity index (χ3v) is 4.10. The maximum absolute atomic E-state index is 12.4. The first-order valence-corrected chi connectivity index (χ1v) is 7.33. The molecule has 0 unspecified atom stereocenters. The first-order valence-electron chi connectivity index (χ1n) is 7.33. The molecule has 114 valence electrons. The van der Waals surface area contributed by atoms with E-state index in [1.807, 2.05) is 28.8 Å². The minimum Gasteiger partial charge on any atom is -0.497 e. The number of rotatable bonds is 3.